The molecule has 2 N–H and O–H groups in total. The molecule has 0 aromatic carbocycles. The van der Waals surface area contributed by atoms with E-state index in [4.69, 9.17) is 12.2 Å². The Hall–Kier alpha value is -2.69. The van der Waals surface area contributed by atoms with Crippen LogP contribution in [0.3, 0.4) is 0 Å². The number of halogens is 5. The monoisotopic (exact) mass is 418 g/mol. The number of pyridine rings is 2. The zero-order valence-electron chi connectivity index (χ0n) is 14.4. The molecule has 0 aliphatic rings. The molecule has 11 heteroatoms. The van der Waals surface area contributed by atoms with Crippen LogP contribution in [-0.4, -0.2) is 34.0 Å². The van der Waals surface area contributed by atoms with Crippen LogP contribution in [0.15, 0.2) is 36.7 Å². The summed E-state index contributed by atoms with van der Waals surface area (Å²) in [4.78, 5) is 20.7. The third-order valence-corrected chi connectivity index (χ3v) is 3.93. The van der Waals surface area contributed by atoms with Crippen LogP contribution in [0.25, 0.3) is 0 Å². The van der Waals surface area contributed by atoms with Gasteiger partial charge in [-0.2, -0.15) is 13.2 Å². The van der Waals surface area contributed by atoms with E-state index in [2.05, 4.69) is 20.6 Å². The van der Waals surface area contributed by atoms with Crippen LogP contribution in [0.1, 0.15) is 28.4 Å². The van der Waals surface area contributed by atoms with Gasteiger partial charge in [0.1, 0.15) is 5.92 Å². The fraction of sp³-hybridized carbons (Fsp3) is 0.294. The molecule has 2 heterocycles. The average molecular weight is 418 g/mol. The van der Waals surface area contributed by atoms with E-state index in [1.807, 2.05) is 0 Å². The Morgan fingerprint density at radius 2 is 1.93 bits per heavy atom. The molecule has 1 atom stereocenters. The van der Waals surface area contributed by atoms with Crippen LogP contribution in [0, 0.1) is 6.92 Å². The molecule has 1 amide bonds. The van der Waals surface area contributed by atoms with Gasteiger partial charge in [0, 0.05) is 18.1 Å². The molecule has 0 saturated heterocycles. The molecule has 28 heavy (non-hydrogen) atoms. The SMILES string of the molecule is Cc1ncccc1C(C(=O)NC(=S)NCC(F)F)c1cc(C(F)(F)F)ccn1. The number of aryl methyl sites for hydroxylation is 1. The summed E-state index contributed by atoms with van der Waals surface area (Å²) in [5, 5.41) is 4.00. The third-order valence-electron chi connectivity index (χ3n) is 3.68. The highest BCUT2D eigenvalue weighted by atomic mass is 32.1. The van der Waals surface area contributed by atoms with Crippen LogP contribution >= 0.6 is 12.2 Å². The lowest BCUT2D eigenvalue weighted by molar-refractivity contribution is -0.137. The van der Waals surface area contributed by atoms with Gasteiger partial charge < -0.3 is 10.6 Å². The highest BCUT2D eigenvalue weighted by Gasteiger charge is 2.33. The molecule has 150 valence electrons. The number of carbonyl (C=O) groups excluding carboxylic acids is 1. The second-order valence-corrected chi connectivity index (χ2v) is 6.08. The lowest BCUT2D eigenvalue weighted by atomic mass is 9.92. The number of amides is 1. The number of nitrogens with zero attached hydrogens (tertiary/aromatic N) is 2. The zero-order valence-corrected chi connectivity index (χ0v) is 15.2. The lowest BCUT2D eigenvalue weighted by Crippen LogP contribution is -2.43. The molecule has 0 aliphatic carbocycles. The van der Waals surface area contributed by atoms with Crippen molar-refractivity contribution in [3.8, 4) is 0 Å². The van der Waals surface area contributed by atoms with E-state index in [1.54, 1.807) is 6.92 Å². The molecule has 0 saturated carbocycles. The van der Waals surface area contributed by atoms with Crippen molar-refractivity contribution in [3.05, 3.63) is 59.2 Å². The maximum absolute atomic E-state index is 13.1. The van der Waals surface area contributed by atoms with E-state index in [0.717, 1.165) is 18.3 Å². The first-order valence-corrected chi connectivity index (χ1v) is 8.32. The number of carbonyl (C=O) groups is 1. The van der Waals surface area contributed by atoms with Crippen LogP contribution in [0.5, 0.6) is 0 Å². The maximum Gasteiger partial charge on any atom is 0.416 e. The summed E-state index contributed by atoms with van der Waals surface area (Å²) in [7, 11) is 0. The summed E-state index contributed by atoms with van der Waals surface area (Å²) in [6, 6.07) is 4.57. The van der Waals surface area contributed by atoms with Crippen LogP contribution < -0.4 is 10.6 Å². The normalized spacial score (nSPS) is 12.5. The molecule has 0 aliphatic heterocycles. The predicted molar refractivity (Wildman–Crippen MR) is 94.8 cm³/mol. The molecule has 2 aromatic rings. The second-order valence-electron chi connectivity index (χ2n) is 5.67. The Morgan fingerprint density at radius 3 is 2.54 bits per heavy atom. The first-order chi connectivity index (χ1) is 13.1. The Bertz CT molecular complexity index is 859. The predicted octanol–water partition coefficient (Wildman–Crippen LogP) is 3.19. The Morgan fingerprint density at radius 1 is 1.21 bits per heavy atom. The van der Waals surface area contributed by atoms with Gasteiger partial charge in [0.25, 0.3) is 6.43 Å². The van der Waals surface area contributed by atoms with E-state index in [9.17, 15) is 26.7 Å². The summed E-state index contributed by atoms with van der Waals surface area (Å²) in [6.45, 7) is 0.800. The quantitative estimate of drug-likeness (QED) is 0.577. The maximum atomic E-state index is 13.1. The van der Waals surface area contributed by atoms with Crippen molar-refractivity contribution in [2.24, 2.45) is 0 Å². The first kappa shape index (κ1) is 21.6. The molecular weight excluding hydrogens is 403 g/mol. The third kappa shape index (κ3) is 5.65. The summed E-state index contributed by atoms with van der Waals surface area (Å²) in [5.41, 5.74) is -0.452. The van der Waals surface area contributed by atoms with Crippen molar-refractivity contribution < 1.29 is 26.7 Å². The summed E-state index contributed by atoms with van der Waals surface area (Å²) in [6.07, 6.45) is -4.92. The number of thiocarbonyl (C=S) groups is 1. The van der Waals surface area contributed by atoms with Gasteiger partial charge in [0.05, 0.1) is 17.8 Å². The van der Waals surface area contributed by atoms with Crippen molar-refractivity contribution >= 4 is 23.2 Å². The number of nitrogens with one attached hydrogen (secondary N) is 2. The lowest BCUT2D eigenvalue weighted by Gasteiger charge is -2.20. The van der Waals surface area contributed by atoms with Gasteiger partial charge in [-0.05, 0) is 42.9 Å². The highest BCUT2D eigenvalue weighted by Crippen LogP contribution is 2.32. The Balaban J connectivity index is 2.40. The highest BCUT2D eigenvalue weighted by molar-refractivity contribution is 7.80. The van der Waals surface area contributed by atoms with E-state index in [-0.39, 0.29) is 10.8 Å². The van der Waals surface area contributed by atoms with Gasteiger partial charge in [-0.1, -0.05) is 6.07 Å². The molecule has 0 radical (unpaired) electrons. The average Bonchev–Trinajstić information content (AvgIpc) is 2.61. The molecule has 0 spiro atoms. The van der Waals surface area contributed by atoms with Gasteiger partial charge in [-0.3, -0.25) is 14.8 Å². The van der Waals surface area contributed by atoms with E-state index in [0.29, 0.717) is 11.3 Å². The molecular formula is C17H15F5N4OS. The fourth-order valence-electron chi connectivity index (χ4n) is 2.42. The van der Waals surface area contributed by atoms with Crippen molar-refractivity contribution in [2.45, 2.75) is 25.4 Å². The van der Waals surface area contributed by atoms with E-state index < -0.39 is 36.5 Å². The summed E-state index contributed by atoms with van der Waals surface area (Å²) < 4.78 is 63.7. The number of aromatic nitrogens is 2. The Kier molecular flexibility index (Phi) is 6.95. The van der Waals surface area contributed by atoms with Gasteiger partial charge in [0.2, 0.25) is 5.91 Å². The standard InChI is InChI=1S/C17H15F5N4OS/c1-9-11(3-2-5-23-9)14(15(27)26-16(28)25-8-13(18)19)12-7-10(4-6-24-12)17(20,21)22/h2-7,13-14H,8H2,1H3,(H2,25,26,27,28). The molecule has 5 nitrogen and oxygen atoms in total. The minimum Gasteiger partial charge on any atom is -0.357 e. The van der Waals surface area contributed by atoms with E-state index >= 15 is 0 Å². The number of rotatable bonds is 5. The molecule has 0 bridgehead atoms. The molecule has 1 unspecified atom stereocenters. The zero-order chi connectivity index (χ0) is 20.9. The largest absolute Gasteiger partial charge is 0.416 e. The summed E-state index contributed by atoms with van der Waals surface area (Å²) >= 11 is 4.79. The van der Waals surface area contributed by atoms with Crippen molar-refractivity contribution in [3.63, 3.8) is 0 Å². The minimum atomic E-state index is -4.63. The Labute approximate surface area is 162 Å². The number of hydrogen-bond acceptors (Lipinski definition) is 4. The van der Waals surface area contributed by atoms with Gasteiger partial charge in [0.15, 0.2) is 5.11 Å². The number of alkyl halides is 5. The first-order valence-electron chi connectivity index (χ1n) is 7.91. The van der Waals surface area contributed by atoms with Crippen LogP contribution in [0.2, 0.25) is 0 Å². The van der Waals surface area contributed by atoms with Crippen LogP contribution in [0.4, 0.5) is 22.0 Å². The molecule has 0 fully saturated rings. The molecule has 2 aromatic heterocycles. The number of hydrogen-bond donors (Lipinski definition) is 2. The fourth-order valence-corrected chi connectivity index (χ4v) is 2.60. The van der Waals surface area contributed by atoms with Crippen LogP contribution in [-0.2, 0) is 11.0 Å². The van der Waals surface area contributed by atoms with Gasteiger partial charge in [-0.25, -0.2) is 8.78 Å². The topological polar surface area (TPSA) is 66.9 Å². The summed E-state index contributed by atoms with van der Waals surface area (Å²) in [5.74, 6) is -2.10. The molecule has 2 rings (SSSR count). The minimum absolute atomic E-state index is 0.180. The van der Waals surface area contributed by atoms with Crippen molar-refractivity contribution in [2.75, 3.05) is 6.54 Å². The van der Waals surface area contributed by atoms with Crippen molar-refractivity contribution in [1.29, 1.82) is 0 Å². The second kappa shape index (κ2) is 9.00. The van der Waals surface area contributed by atoms with Gasteiger partial charge in [-0.15, -0.1) is 0 Å². The van der Waals surface area contributed by atoms with Gasteiger partial charge >= 0.3 is 6.18 Å². The van der Waals surface area contributed by atoms with Crippen molar-refractivity contribution in [1.82, 2.24) is 20.6 Å². The smallest absolute Gasteiger partial charge is 0.357 e. The van der Waals surface area contributed by atoms with E-state index in [1.165, 1.54) is 18.3 Å².